The fourth-order valence-corrected chi connectivity index (χ4v) is 1.88. The van der Waals surface area contributed by atoms with Gasteiger partial charge in [-0.3, -0.25) is 0 Å². The maximum Gasteiger partial charge on any atom is 0.319 e. The van der Waals surface area contributed by atoms with Gasteiger partial charge in [-0.1, -0.05) is 26.0 Å². The quantitative estimate of drug-likeness (QED) is 0.848. The summed E-state index contributed by atoms with van der Waals surface area (Å²) >= 11 is 0. The van der Waals surface area contributed by atoms with Crippen LogP contribution in [0.15, 0.2) is 42.6 Å². The van der Waals surface area contributed by atoms with Crippen molar-refractivity contribution in [3.63, 3.8) is 0 Å². The molecule has 0 unspecified atom stereocenters. The Morgan fingerprint density at radius 2 is 2.09 bits per heavy atom. The monoisotopic (exact) mass is 299 g/mol. The van der Waals surface area contributed by atoms with Crippen LogP contribution in [0.2, 0.25) is 0 Å². The van der Waals surface area contributed by atoms with Crippen molar-refractivity contribution in [3.05, 3.63) is 48.2 Å². The van der Waals surface area contributed by atoms with Crippen LogP contribution in [0.3, 0.4) is 0 Å². The lowest BCUT2D eigenvalue weighted by Gasteiger charge is -2.08. The van der Waals surface area contributed by atoms with Gasteiger partial charge in [0.15, 0.2) is 0 Å². The Morgan fingerprint density at radius 3 is 2.77 bits per heavy atom. The van der Waals surface area contributed by atoms with Crippen LogP contribution in [0.1, 0.15) is 25.8 Å². The van der Waals surface area contributed by atoms with Crippen molar-refractivity contribution in [2.45, 2.75) is 26.7 Å². The Hall–Kier alpha value is -2.56. The van der Waals surface area contributed by atoms with E-state index in [0.29, 0.717) is 18.1 Å². The van der Waals surface area contributed by atoms with Gasteiger partial charge in [-0.2, -0.15) is 0 Å². The van der Waals surface area contributed by atoms with Gasteiger partial charge in [-0.25, -0.2) is 9.78 Å². The van der Waals surface area contributed by atoms with Crippen LogP contribution in [0, 0.1) is 0 Å². The molecule has 0 fully saturated rings. The number of pyridine rings is 1. The van der Waals surface area contributed by atoms with E-state index in [9.17, 15) is 4.79 Å². The molecule has 5 heteroatoms. The van der Waals surface area contributed by atoms with Crippen LogP contribution in [0.5, 0.6) is 11.6 Å². The first-order valence-corrected chi connectivity index (χ1v) is 7.49. The van der Waals surface area contributed by atoms with E-state index in [2.05, 4.69) is 28.6 Å². The highest BCUT2D eigenvalue weighted by Gasteiger charge is 2.03. The lowest BCUT2D eigenvalue weighted by molar-refractivity contribution is 0.252. The maximum absolute atomic E-state index is 11.5. The second-order valence-corrected chi connectivity index (χ2v) is 4.87. The molecule has 0 spiro atoms. The Kier molecular flexibility index (Phi) is 5.77. The maximum atomic E-state index is 11.5. The Balaban J connectivity index is 1.95. The summed E-state index contributed by atoms with van der Waals surface area (Å²) in [4.78, 5) is 15.7. The third kappa shape index (κ3) is 4.77. The molecule has 0 saturated carbocycles. The summed E-state index contributed by atoms with van der Waals surface area (Å²) in [5.41, 5.74) is 1.84. The highest BCUT2D eigenvalue weighted by Crippen LogP contribution is 2.21. The van der Waals surface area contributed by atoms with Gasteiger partial charge in [0.1, 0.15) is 5.75 Å². The Labute approximate surface area is 130 Å². The Morgan fingerprint density at radius 1 is 1.23 bits per heavy atom. The van der Waals surface area contributed by atoms with E-state index in [-0.39, 0.29) is 6.03 Å². The molecule has 1 aromatic heterocycles. The number of rotatable bonds is 6. The van der Waals surface area contributed by atoms with Crippen molar-refractivity contribution in [2.24, 2.45) is 0 Å². The number of nitrogens with one attached hydrogen (secondary N) is 2. The molecule has 2 rings (SSSR count). The average molecular weight is 299 g/mol. The number of aromatic nitrogens is 1. The molecule has 2 aromatic rings. The zero-order chi connectivity index (χ0) is 15.8. The highest BCUT2D eigenvalue weighted by atomic mass is 16.5. The minimum atomic E-state index is -0.229. The summed E-state index contributed by atoms with van der Waals surface area (Å²) in [5.74, 6) is 1.25. The minimum absolute atomic E-state index is 0.229. The number of hydrogen-bond acceptors (Lipinski definition) is 3. The zero-order valence-corrected chi connectivity index (χ0v) is 12.9. The fourth-order valence-electron chi connectivity index (χ4n) is 1.88. The van der Waals surface area contributed by atoms with Gasteiger partial charge in [0, 0.05) is 12.6 Å². The van der Waals surface area contributed by atoms with Gasteiger partial charge in [0.25, 0.3) is 0 Å². The molecular formula is C17H21N3O2. The van der Waals surface area contributed by atoms with Crippen LogP contribution in [0.25, 0.3) is 0 Å². The molecule has 5 nitrogen and oxygen atoms in total. The van der Waals surface area contributed by atoms with Gasteiger partial charge >= 0.3 is 6.03 Å². The summed E-state index contributed by atoms with van der Waals surface area (Å²) < 4.78 is 5.71. The van der Waals surface area contributed by atoms with Crippen LogP contribution >= 0.6 is 0 Å². The Bertz CT molecular complexity index is 612. The second-order valence-electron chi connectivity index (χ2n) is 4.87. The third-order valence-corrected chi connectivity index (χ3v) is 3.06. The van der Waals surface area contributed by atoms with E-state index in [1.165, 1.54) is 5.56 Å². The SMILES string of the molecule is CCCNC(=O)Nc1ccc(Oc2cccc(CC)c2)nc1. The van der Waals surface area contributed by atoms with Gasteiger partial charge in [-0.15, -0.1) is 0 Å². The normalized spacial score (nSPS) is 10.1. The number of urea groups is 1. The molecule has 0 radical (unpaired) electrons. The molecule has 0 aliphatic heterocycles. The molecule has 0 bridgehead atoms. The van der Waals surface area contributed by atoms with Crippen molar-refractivity contribution in [1.29, 1.82) is 0 Å². The van der Waals surface area contributed by atoms with E-state index in [4.69, 9.17) is 4.74 Å². The van der Waals surface area contributed by atoms with Crippen LogP contribution in [0.4, 0.5) is 10.5 Å². The second kappa shape index (κ2) is 8.02. The first-order valence-electron chi connectivity index (χ1n) is 7.49. The minimum Gasteiger partial charge on any atom is -0.439 e. The lowest BCUT2D eigenvalue weighted by Crippen LogP contribution is -2.29. The summed E-state index contributed by atoms with van der Waals surface area (Å²) in [6, 6.07) is 11.2. The lowest BCUT2D eigenvalue weighted by atomic mass is 10.2. The van der Waals surface area contributed by atoms with Gasteiger partial charge < -0.3 is 15.4 Å². The predicted molar refractivity (Wildman–Crippen MR) is 87.4 cm³/mol. The fraction of sp³-hybridized carbons (Fsp3) is 0.294. The molecule has 116 valence electrons. The number of amides is 2. The number of anilines is 1. The van der Waals surface area contributed by atoms with Crippen molar-refractivity contribution in [1.82, 2.24) is 10.3 Å². The molecule has 22 heavy (non-hydrogen) atoms. The molecule has 0 saturated heterocycles. The summed E-state index contributed by atoms with van der Waals surface area (Å²) in [6.45, 7) is 4.75. The van der Waals surface area contributed by atoms with Crippen molar-refractivity contribution >= 4 is 11.7 Å². The predicted octanol–water partition coefficient (Wildman–Crippen LogP) is 3.97. The largest absolute Gasteiger partial charge is 0.439 e. The van der Waals surface area contributed by atoms with E-state index in [1.807, 2.05) is 25.1 Å². The summed E-state index contributed by atoms with van der Waals surface area (Å²) in [7, 11) is 0. The number of nitrogens with zero attached hydrogens (tertiary/aromatic N) is 1. The smallest absolute Gasteiger partial charge is 0.319 e. The number of benzene rings is 1. The van der Waals surface area contributed by atoms with E-state index >= 15 is 0 Å². The molecule has 2 N–H and O–H groups in total. The molecule has 1 heterocycles. The molecule has 2 amide bonds. The molecular weight excluding hydrogens is 278 g/mol. The number of aryl methyl sites for hydroxylation is 1. The number of carbonyl (C=O) groups is 1. The van der Waals surface area contributed by atoms with E-state index in [0.717, 1.165) is 18.6 Å². The molecule has 0 aliphatic rings. The molecule has 0 aliphatic carbocycles. The van der Waals surface area contributed by atoms with Gasteiger partial charge in [0.05, 0.1) is 11.9 Å². The van der Waals surface area contributed by atoms with E-state index in [1.54, 1.807) is 18.3 Å². The number of carbonyl (C=O) groups excluding carboxylic acids is 1. The number of hydrogen-bond donors (Lipinski definition) is 2. The third-order valence-electron chi connectivity index (χ3n) is 3.06. The first-order chi connectivity index (χ1) is 10.7. The van der Waals surface area contributed by atoms with Crippen LogP contribution < -0.4 is 15.4 Å². The van der Waals surface area contributed by atoms with Crippen LogP contribution in [-0.4, -0.2) is 17.6 Å². The zero-order valence-electron chi connectivity index (χ0n) is 12.9. The number of ether oxygens (including phenoxy) is 1. The van der Waals surface area contributed by atoms with Crippen molar-refractivity contribution in [2.75, 3.05) is 11.9 Å². The van der Waals surface area contributed by atoms with Crippen LogP contribution in [-0.2, 0) is 6.42 Å². The molecule has 1 aromatic carbocycles. The standard InChI is InChI=1S/C17H21N3O2/c1-3-10-18-17(21)20-14-8-9-16(19-12-14)22-15-7-5-6-13(4-2)11-15/h5-9,11-12H,3-4,10H2,1-2H3,(H2,18,20,21). The average Bonchev–Trinajstić information content (AvgIpc) is 2.55. The summed E-state index contributed by atoms with van der Waals surface area (Å²) in [6.07, 6.45) is 3.43. The van der Waals surface area contributed by atoms with Crippen molar-refractivity contribution in [3.8, 4) is 11.6 Å². The first kappa shape index (κ1) is 15.8. The van der Waals surface area contributed by atoms with E-state index < -0.39 is 0 Å². The molecule has 0 atom stereocenters. The highest BCUT2D eigenvalue weighted by molar-refractivity contribution is 5.88. The topological polar surface area (TPSA) is 63.2 Å². The summed E-state index contributed by atoms with van der Waals surface area (Å²) in [5, 5.41) is 5.46. The van der Waals surface area contributed by atoms with Gasteiger partial charge in [-0.05, 0) is 36.6 Å². The van der Waals surface area contributed by atoms with Crippen molar-refractivity contribution < 1.29 is 9.53 Å². The van der Waals surface area contributed by atoms with Gasteiger partial charge in [0.2, 0.25) is 5.88 Å².